The molecule has 1 amide bonds. The van der Waals surface area contributed by atoms with E-state index in [1.165, 1.54) is 7.05 Å². The molecule has 2 unspecified atom stereocenters. The zero-order valence-corrected chi connectivity index (χ0v) is 13.0. The summed E-state index contributed by atoms with van der Waals surface area (Å²) in [4.78, 5) is 10.5. The smallest absolute Gasteiger partial charge is 0.407 e. The summed E-state index contributed by atoms with van der Waals surface area (Å²) in [6.07, 6.45) is 0.0792. The van der Waals surface area contributed by atoms with Crippen LogP contribution in [0.25, 0.3) is 0 Å². The fourth-order valence-electron chi connectivity index (χ4n) is 1.91. The summed E-state index contributed by atoms with van der Waals surface area (Å²) in [7, 11) is 1.54. The maximum absolute atomic E-state index is 13.7. The first-order valence-corrected chi connectivity index (χ1v) is 6.99. The molecule has 0 aromatic heterocycles. The number of aliphatic hydroxyl groups is 1. The molecular weight excluding hydrogens is 273 g/mol. The highest BCUT2D eigenvalue weighted by Gasteiger charge is 2.56. The molecule has 2 atom stereocenters. The third kappa shape index (κ3) is 5.34. The SMILES string of the molecule is CNC(=O)OC(C)(C)C.OCC1CC1(F)c1ccccc1. The Morgan fingerprint density at radius 3 is 2.33 bits per heavy atom. The number of halogens is 1. The Labute approximate surface area is 125 Å². The lowest BCUT2D eigenvalue weighted by molar-refractivity contribution is 0.0541. The highest BCUT2D eigenvalue weighted by atomic mass is 19.1. The summed E-state index contributed by atoms with van der Waals surface area (Å²) in [5.74, 6) is -0.181. The zero-order chi connectivity index (χ0) is 16.1. The maximum atomic E-state index is 13.7. The van der Waals surface area contributed by atoms with E-state index in [4.69, 9.17) is 9.84 Å². The first kappa shape index (κ1) is 17.4. The summed E-state index contributed by atoms with van der Waals surface area (Å²) in [5.41, 5.74) is -0.931. The van der Waals surface area contributed by atoms with Crippen molar-refractivity contribution in [2.24, 2.45) is 5.92 Å². The number of hydrogen-bond acceptors (Lipinski definition) is 3. The number of ether oxygens (including phenoxy) is 1. The molecule has 5 heteroatoms. The van der Waals surface area contributed by atoms with Crippen molar-refractivity contribution in [2.45, 2.75) is 38.5 Å². The van der Waals surface area contributed by atoms with E-state index in [1.807, 2.05) is 39.0 Å². The van der Waals surface area contributed by atoms with Crippen molar-refractivity contribution < 1.29 is 19.0 Å². The van der Waals surface area contributed by atoms with Crippen molar-refractivity contribution in [2.75, 3.05) is 13.7 Å². The second kappa shape index (κ2) is 6.89. The van der Waals surface area contributed by atoms with Crippen LogP contribution >= 0.6 is 0 Å². The Hall–Kier alpha value is -1.62. The molecule has 2 rings (SSSR count). The number of alkyl carbamates (subject to hydrolysis) is 1. The van der Waals surface area contributed by atoms with E-state index in [0.29, 0.717) is 12.0 Å². The first-order chi connectivity index (χ1) is 9.73. The van der Waals surface area contributed by atoms with Gasteiger partial charge in [-0.25, -0.2) is 9.18 Å². The summed E-state index contributed by atoms with van der Waals surface area (Å²) in [6, 6.07) is 9.06. The molecule has 0 aliphatic heterocycles. The van der Waals surface area contributed by atoms with Crippen LogP contribution in [-0.4, -0.2) is 30.5 Å². The number of alkyl halides is 1. The van der Waals surface area contributed by atoms with Gasteiger partial charge in [0.25, 0.3) is 0 Å². The lowest BCUT2D eigenvalue weighted by Crippen LogP contribution is -2.30. The van der Waals surface area contributed by atoms with Gasteiger partial charge >= 0.3 is 6.09 Å². The molecule has 1 aliphatic rings. The maximum Gasteiger partial charge on any atom is 0.407 e. The minimum atomic E-state index is -1.24. The third-order valence-corrected chi connectivity index (χ3v) is 3.11. The van der Waals surface area contributed by atoms with E-state index in [-0.39, 0.29) is 24.2 Å². The second-order valence-corrected chi connectivity index (χ2v) is 6.06. The van der Waals surface area contributed by atoms with Crippen LogP contribution in [0, 0.1) is 5.92 Å². The number of carbonyl (C=O) groups is 1. The van der Waals surface area contributed by atoms with Crippen molar-refractivity contribution in [3.05, 3.63) is 35.9 Å². The Morgan fingerprint density at radius 2 is 2.00 bits per heavy atom. The Kier molecular flexibility index (Phi) is 5.72. The normalized spacial score (nSPS) is 23.6. The van der Waals surface area contributed by atoms with Crippen molar-refractivity contribution in [1.29, 1.82) is 0 Å². The molecular formula is C16H24FNO3. The van der Waals surface area contributed by atoms with Gasteiger partial charge in [-0.05, 0) is 32.8 Å². The van der Waals surface area contributed by atoms with Gasteiger partial charge in [0.2, 0.25) is 0 Å². The number of rotatable bonds is 2. The predicted molar refractivity (Wildman–Crippen MR) is 79.7 cm³/mol. The van der Waals surface area contributed by atoms with Gasteiger partial charge < -0.3 is 15.2 Å². The van der Waals surface area contributed by atoms with E-state index < -0.39 is 5.67 Å². The molecule has 21 heavy (non-hydrogen) atoms. The molecule has 0 radical (unpaired) electrons. The van der Waals surface area contributed by atoms with Gasteiger partial charge in [0.05, 0.1) is 0 Å². The molecule has 118 valence electrons. The van der Waals surface area contributed by atoms with Crippen LogP contribution in [0.2, 0.25) is 0 Å². The molecule has 1 aromatic carbocycles. The van der Waals surface area contributed by atoms with Crippen molar-refractivity contribution in [3.8, 4) is 0 Å². The van der Waals surface area contributed by atoms with Crippen LogP contribution < -0.4 is 5.32 Å². The third-order valence-electron chi connectivity index (χ3n) is 3.11. The highest BCUT2D eigenvalue weighted by Crippen LogP contribution is 2.55. The van der Waals surface area contributed by atoms with Crippen molar-refractivity contribution in [1.82, 2.24) is 5.32 Å². The summed E-state index contributed by atoms with van der Waals surface area (Å²) < 4.78 is 18.6. The summed E-state index contributed by atoms with van der Waals surface area (Å²) >= 11 is 0. The zero-order valence-electron chi connectivity index (χ0n) is 13.0. The minimum Gasteiger partial charge on any atom is -0.444 e. The Bertz CT molecular complexity index is 458. The molecule has 0 spiro atoms. The highest BCUT2D eigenvalue weighted by molar-refractivity contribution is 5.67. The molecule has 1 aromatic rings. The van der Waals surface area contributed by atoms with Crippen molar-refractivity contribution >= 4 is 6.09 Å². The molecule has 0 saturated heterocycles. The van der Waals surface area contributed by atoms with Gasteiger partial charge in [0.15, 0.2) is 0 Å². The number of aliphatic hydroxyl groups excluding tert-OH is 1. The second-order valence-electron chi connectivity index (χ2n) is 6.06. The van der Waals surface area contributed by atoms with Crippen LogP contribution in [-0.2, 0) is 10.4 Å². The fraction of sp³-hybridized carbons (Fsp3) is 0.562. The molecule has 2 N–H and O–H groups in total. The monoisotopic (exact) mass is 297 g/mol. The first-order valence-electron chi connectivity index (χ1n) is 6.99. The number of hydrogen-bond donors (Lipinski definition) is 2. The minimum absolute atomic E-state index is 0.0502. The van der Waals surface area contributed by atoms with E-state index in [9.17, 15) is 9.18 Å². The predicted octanol–water partition coefficient (Wildman–Crippen LogP) is 3.00. The quantitative estimate of drug-likeness (QED) is 0.882. The van der Waals surface area contributed by atoms with Crippen LogP contribution in [0.15, 0.2) is 30.3 Å². The van der Waals surface area contributed by atoms with E-state index in [2.05, 4.69) is 5.32 Å². The van der Waals surface area contributed by atoms with Gasteiger partial charge in [-0.2, -0.15) is 0 Å². The molecule has 1 fully saturated rings. The van der Waals surface area contributed by atoms with Gasteiger partial charge in [-0.3, -0.25) is 0 Å². The summed E-state index contributed by atoms with van der Waals surface area (Å²) in [6.45, 7) is 5.41. The largest absolute Gasteiger partial charge is 0.444 e. The fourth-order valence-corrected chi connectivity index (χ4v) is 1.91. The van der Waals surface area contributed by atoms with Crippen LogP contribution in [0.3, 0.4) is 0 Å². The van der Waals surface area contributed by atoms with Crippen LogP contribution in [0.4, 0.5) is 9.18 Å². The lowest BCUT2D eigenvalue weighted by Gasteiger charge is -2.18. The van der Waals surface area contributed by atoms with Crippen LogP contribution in [0.1, 0.15) is 32.8 Å². The van der Waals surface area contributed by atoms with Crippen LogP contribution in [0.5, 0.6) is 0 Å². The average Bonchev–Trinajstić information content (AvgIpc) is 3.11. The standard InChI is InChI=1S/C10H11FO.C6H13NO2/c11-10(6-9(10)7-12)8-4-2-1-3-5-8;1-6(2,3)9-5(8)7-4/h1-5,9,12H,6-7H2;1-4H3,(H,7,8). The van der Waals surface area contributed by atoms with E-state index in [0.717, 1.165) is 0 Å². The molecule has 4 nitrogen and oxygen atoms in total. The average molecular weight is 297 g/mol. The molecule has 1 saturated carbocycles. The van der Waals surface area contributed by atoms with Gasteiger partial charge in [-0.15, -0.1) is 0 Å². The van der Waals surface area contributed by atoms with Gasteiger partial charge in [0.1, 0.15) is 11.3 Å². The Balaban J connectivity index is 0.000000222. The van der Waals surface area contributed by atoms with Gasteiger partial charge in [0, 0.05) is 19.6 Å². The molecule has 1 aliphatic carbocycles. The Morgan fingerprint density at radius 1 is 1.43 bits per heavy atom. The lowest BCUT2D eigenvalue weighted by atomic mass is 10.1. The number of amides is 1. The number of nitrogens with one attached hydrogen (secondary N) is 1. The van der Waals surface area contributed by atoms with Gasteiger partial charge in [-0.1, -0.05) is 30.3 Å². The summed E-state index contributed by atoms with van der Waals surface area (Å²) in [5, 5.41) is 11.1. The molecule has 0 bridgehead atoms. The van der Waals surface area contributed by atoms with E-state index in [1.54, 1.807) is 12.1 Å². The number of benzene rings is 1. The topological polar surface area (TPSA) is 58.6 Å². The molecule has 0 heterocycles. The van der Waals surface area contributed by atoms with E-state index >= 15 is 0 Å². The van der Waals surface area contributed by atoms with Crippen molar-refractivity contribution in [3.63, 3.8) is 0 Å². The number of carbonyl (C=O) groups excluding carboxylic acids is 1.